The maximum atomic E-state index is 14.1. The summed E-state index contributed by atoms with van der Waals surface area (Å²) in [5.41, 5.74) is 7.29. The molecule has 0 bridgehead atoms. The standard InChI is InChI=1S/C14H9ClF2N4/c15-9-6-10(16)8(5-11(9)17)13-12(14(18)21-20-13)7-1-3-19-4-2-7/h1-6H,(H3,18,20,21). The van der Waals surface area contributed by atoms with Crippen LogP contribution in [0.3, 0.4) is 0 Å². The number of nitrogens with zero attached hydrogens (tertiary/aromatic N) is 2. The number of hydrogen-bond donors (Lipinski definition) is 2. The monoisotopic (exact) mass is 306 g/mol. The summed E-state index contributed by atoms with van der Waals surface area (Å²) in [6.07, 6.45) is 3.15. The highest BCUT2D eigenvalue weighted by molar-refractivity contribution is 6.30. The van der Waals surface area contributed by atoms with Crippen molar-refractivity contribution in [2.75, 3.05) is 5.73 Å². The van der Waals surface area contributed by atoms with Gasteiger partial charge in [-0.1, -0.05) is 11.6 Å². The molecule has 3 aromatic rings. The fourth-order valence-electron chi connectivity index (χ4n) is 2.08. The Labute approximate surface area is 123 Å². The van der Waals surface area contributed by atoms with Crippen LogP contribution in [0.15, 0.2) is 36.7 Å². The third-order valence-electron chi connectivity index (χ3n) is 3.04. The molecule has 2 heterocycles. The number of hydrogen-bond acceptors (Lipinski definition) is 3. The Balaban J connectivity index is 2.24. The van der Waals surface area contributed by atoms with Crippen LogP contribution in [0, 0.1) is 11.6 Å². The van der Waals surface area contributed by atoms with E-state index in [9.17, 15) is 8.78 Å². The molecule has 0 saturated carbocycles. The molecular weight excluding hydrogens is 298 g/mol. The van der Waals surface area contributed by atoms with E-state index in [2.05, 4.69) is 15.2 Å². The second-order valence-corrected chi connectivity index (χ2v) is 4.75. The zero-order valence-corrected chi connectivity index (χ0v) is 11.3. The number of pyridine rings is 1. The number of nitrogen functional groups attached to an aromatic ring is 1. The van der Waals surface area contributed by atoms with Crippen LogP contribution >= 0.6 is 11.6 Å². The molecule has 4 nitrogen and oxygen atoms in total. The van der Waals surface area contributed by atoms with Gasteiger partial charge in [-0.05, 0) is 29.8 Å². The van der Waals surface area contributed by atoms with Gasteiger partial charge in [0.25, 0.3) is 0 Å². The van der Waals surface area contributed by atoms with E-state index in [-0.39, 0.29) is 22.1 Å². The summed E-state index contributed by atoms with van der Waals surface area (Å²) in [6, 6.07) is 5.33. The molecule has 0 radical (unpaired) electrons. The number of aromatic amines is 1. The number of nitrogens with one attached hydrogen (secondary N) is 1. The SMILES string of the molecule is Nc1n[nH]c(-c2cc(F)c(Cl)cc2F)c1-c1ccncc1. The van der Waals surface area contributed by atoms with Crippen LogP contribution in [0.5, 0.6) is 0 Å². The lowest BCUT2D eigenvalue weighted by Gasteiger charge is -2.06. The highest BCUT2D eigenvalue weighted by atomic mass is 35.5. The van der Waals surface area contributed by atoms with Gasteiger partial charge >= 0.3 is 0 Å². The van der Waals surface area contributed by atoms with Gasteiger partial charge in [0, 0.05) is 18.0 Å². The van der Waals surface area contributed by atoms with E-state index in [1.165, 1.54) is 0 Å². The first-order valence-corrected chi connectivity index (χ1v) is 6.35. The quantitative estimate of drug-likeness (QED) is 0.710. The van der Waals surface area contributed by atoms with Gasteiger partial charge < -0.3 is 5.73 Å². The molecular formula is C14H9ClF2N4. The van der Waals surface area contributed by atoms with Crippen molar-refractivity contribution in [2.24, 2.45) is 0 Å². The molecule has 106 valence electrons. The molecule has 0 amide bonds. The summed E-state index contributed by atoms with van der Waals surface area (Å²) < 4.78 is 27.7. The van der Waals surface area contributed by atoms with Gasteiger partial charge in [-0.3, -0.25) is 10.1 Å². The van der Waals surface area contributed by atoms with Crippen molar-refractivity contribution in [3.63, 3.8) is 0 Å². The summed E-state index contributed by atoms with van der Waals surface area (Å²) in [6.45, 7) is 0. The Bertz CT molecular complexity index is 802. The second kappa shape index (κ2) is 5.14. The molecule has 3 N–H and O–H groups in total. The number of nitrogens with two attached hydrogens (primary N) is 1. The van der Waals surface area contributed by atoms with Crippen molar-refractivity contribution in [1.82, 2.24) is 15.2 Å². The van der Waals surface area contributed by atoms with Crippen LogP contribution in [0.2, 0.25) is 5.02 Å². The number of aromatic nitrogens is 3. The van der Waals surface area contributed by atoms with Gasteiger partial charge in [0.1, 0.15) is 11.6 Å². The van der Waals surface area contributed by atoms with Crippen LogP contribution in [-0.4, -0.2) is 15.2 Å². The zero-order chi connectivity index (χ0) is 15.0. The number of benzene rings is 1. The number of anilines is 1. The minimum absolute atomic E-state index is 0.00733. The van der Waals surface area contributed by atoms with Gasteiger partial charge in [0.2, 0.25) is 0 Å². The van der Waals surface area contributed by atoms with E-state index in [0.717, 1.165) is 12.1 Å². The topological polar surface area (TPSA) is 67.6 Å². The Hall–Kier alpha value is -2.47. The minimum atomic E-state index is -0.720. The van der Waals surface area contributed by atoms with E-state index >= 15 is 0 Å². The van der Waals surface area contributed by atoms with Crippen molar-refractivity contribution < 1.29 is 8.78 Å². The predicted molar refractivity (Wildman–Crippen MR) is 76.6 cm³/mol. The first-order chi connectivity index (χ1) is 10.1. The maximum Gasteiger partial charge on any atom is 0.153 e. The summed E-state index contributed by atoms with van der Waals surface area (Å²) in [5, 5.41) is 6.22. The summed E-state index contributed by atoms with van der Waals surface area (Å²) in [5.74, 6) is -1.20. The first kappa shape index (κ1) is 13.5. The van der Waals surface area contributed by atoms with Crippen molar-refractivity contribution in [3.8, 4) is 22.4 Å². The van der Waals surface area contributed by atoms with Crippen molar-refractivity contribution in [3.05, 3.63) is 53.3 Å². The van der Waals surface area contributed by atoms with Crippen LogP contribution < -0.4 is 5.73 Å². The lowest BCUT2D eigenvalue weighted by atomic mass is 10.0. The smallest absolute Gasteiger partial charge is 0.153 e. The molecule has 0 unspecified atom stereocenters. The zero-order valence-electron chi connectivity index (χ0n) is 10.6. The van der Waals surface area contributed by atoms with Gasteiger partial charge in [0.15, 0.2) is 5.82 Å². The molecule has 21 heavy (non-hydrogen) atoms. The fraction of sp³-hybridized carbons (Fsp3) is 0. The number of H-pyrrole nitrogens is 1. The molecule has 3 rings (SSSR count). The molecule has 7 heteroatoms. The Morgan fingerprint density at radius 2 is 1.81 bits per heavy atom. The second-order valence-electron chi connectivity index (χ2n) is 4.34. The molecule has 0 aliphatic heterocycles. The van der Waals surface area contributed by atoms with E-state index < -0.39 is 11.6 Å². The van der Waals surface area contributed by atoms with Crippen LogP contribution in [0.25, 0.3) is 22.4 Å². The Morgan fingerprint density at radius 3 is 2.52 bits per heavy atom. The lowest BCUT2D eigenvalue weighted by Crippen LogP contribution is -1.92. The van der Waals surface area contributed by atoms with Gasteiger partial charge in [-0.15, -0.1) is 0 Å². The molecule has 1 aromatic carbocycles. The first-order valence-electron chi connectivity index (χ1n) is 5.97. The average molecular weight is 307 g/mol. The molecule has 0 aliphatic carbocycles. The third kappa shape index (κ3) is 2.34. The van der Waals surface area contributed by atoms with Gasteiger partial charge in [-0.25, -0.2) is 8.78 Å². The highest BCUT2D eigenvalue weighted by Crippen LogP contribution is 2.36. The molecule has 0 aliphatic rings. The molecule has 0 saturated heterocycles. The summed E-state index contributed by atoms with van der Waals surface area (Å²) in [4.78, 5) is 3.91. The fourth-order valence-corrected chi connectivity index (χ4v) is 2.23. The van der Waals surface area contributed by atoms with E-state index in [1.807, 2.05) is 0 Å². The van der Waals surface area contributed by atoms with Crippen molar-refractivity contribution in [1.29, 1.82) is 0 Å². The average Bonchev–Trinajstić information content (AvgIpc) is 2.85. The van der Waals surface area contributed by atoms with E-state index in [4.69, 9.17) is 17.3 Å². The van der Waals surface area contributed by atoms with Crippen molar-refractivity contribution in [2.45, 2.75) is 0 Å². The molecule has 0 spiro atoms. The Morgan fingerprint density at radius 1 is 1.10 bits per heavy atom. The number of halogens is 3. The van der Waals surface area contributed by atoms with E-state index in [1.54, 1.807) is 24.5 Å². The van der Waals surface area contributed by atoms with E-state index in [0.29, 0.717) is 11.1 Å². The number of rotatable bonds is 2. The van der Waals surface area contributed by atoms with Crippen molar-refractivity contribution >= 4 is 17.4 Å². The third-order valence-corrected chi connectivity index (χ3v) is 3.33. The predicted octanol–water partition coefficient (Wildman–Crippen LogP) is 3.65. The van der Waals surface area contributed by atoms with Crippen LogP contribution in [-0.2, 0) is 0 Å². The van der Waals surface area contributed by atoms with Crippen LogP contribution in [0.1, 0.15) is 0 Å². The molecule has 0 atom stereocenters. The summed E-state index contributed by atoms with van der Waals surface area (Å²) in [7, 11) is 0. The Kier molecular flexibility index (Phi) is 3.31. The molecule has 2 aromatic heterocycles. The minimum Gasteiger partial charge on any atom is -0.382 e. The van der Waals surface area contributed by atoms with Crippen LogP contribution in [0.4, 0.5) is 14.6 Å². The van der Waals surface area contributed by atoms with Gasteiger partial charge in [0.05, 0.1) is 16.3 Å². The largest absolute Gasteiger partial charge is 0.382 e. The normalized spacial score (nSPS) is 10.8. The molecule has 0 fully saturated rings. The van der Waals surface area contributed by atoms with Gasteiger partial charge in [-0.2, -0.15) is 5.10 Å². The lowest BCUT2D eigenvalue weighted by molar-refractivity contribution is 0.603. The maximum absolute atomic E-state index is 14.1. The highest BCUT2D eigenvalue weighted by Gasteiger charge is 2.19. The summed E-state index contributed by atoms with van der Waals surface area (Å²) >= 11 is 5.56.